The zero-order valence-electron chi connectivity index (χ0n) is 19.3. The van der Waals surface area contributed by atoms with Gasteiger partial charge >= 0.3 is 11.9 Å². The second-order valence-corrected chi connectivity index (χ2v) is 7.96. The number of rotatable bonds is 20. The van der Waals surface area contributed by atoms with Gasteiger partial charge in [0.1, 0.15) is 6.04 Å². The molecule has 0 aromatic rings. The summed E-state index contributed by atoms with van der Waals surface area (Å²) in [5, 5.41) is 16.8. The topological polar surface area (TPSA) is 127 Å². The van der Waals surface area contributed by atoms with Crippen molar-refractivity contribution >= 4 is 11.9 Å². The maximum Gasteiger partial charge on any atom is 0.320 e. The maximum atomic E-state index is 10.3. The van der Waals surface area contributed by atoms with Crippen LogP contribution in [0.25, 0.3) is 0 Å². The molecule has 1 atom stereocenters. The molecule has 0 amide bonds. The Morgan fingerprint density at radius 2 is 1.27 bits per heavy atom. The van der Waals surface area contributed by atoms with Crippen LogP contribution in [-0.4, -0.2) is 34.7 Å². The molecular weight excluding hydrogens is 380 g/mol. The van der Waals surface area contributed by atoms with Crippen LogP contribution in [-0.2, 0) is 9.59 Å². The van der Waals surface area contributed by atoms with Crippen LogP contribution in [0.2, 0.25) is 0 Å². The van der Waals surface area contributed by atoms with E-state index in [-0.39, 0.29) is 0 Å². The minimum absolute atomic E-state index is 0.332. The fraction of sp³-hybridized carbons (Fsp3) is 0.833. The highest BCUT2D eigenvalue weighted by atomic mass is 16.4. The van der Waals surface area contributed by atoms with Crippen LogP contribution in [0.15, 0.2) is 12.2 Å². The predicted octanol–water partition coefficient (Wildman–Crippen LogP) is 5.64. The Kier molecular flexibility index (Phi) is 26.3. The molecule has 30 heavy (non-hydrogen) atoms. The lowest BCUT2D eigenvalue weighted by molar-refractivity contribution is -0.139. The van der Waals surface area contributed by atoms with Gasteiger partial charge in [-0.1, -0.05) is 76.9 Å². The Morgan fingerprint density at radius 3 is 1.73 bits per heavy atom. The Bertz CT molecular complexity index is 414. The van der Waals surface area contributed by atoms with Crippen LogP contribution in [0, 0.1) is 0 Å². The first-order chi connectivity index (χ1) is 14.5. The van der Waals surface area contributed by atoms with Crippen LogP contribution >= 0.6 is 0 Å². The first-order valence-electron chi connectivity index (χ1n) is 12.0. The highest BCUT2D eigenvalue weighted by Gasteiger charge is 2.09. The first-order valence-corrected chi connectivity index (χ1v) is 12.0. The van der Waals surface area contributed by atoms with E-state index in [2.05, 4.69) is 19.1 Å². The van der Waals surface area contributed by atoms with E-state index in [0.717, 1.165) is 25.7 Å². The number of hydrogen-bond acceptors (Lipinski definition) is 4. The van der Waals surface area contributed by atoms with Gasteiger partial charge in [0, 0.05) is 6.42 Å². The number of carboxylic acids is 2. The summed E-state index contributed by atoms with van der Waals surface area (Å²) in [7, 11) is 0. The quantitative estimate of drug-likeness (QED) is 0.147. The highest BCUT2D eigenvalue weighted by Crippen LogP contribution is 2.09. The third-order valence-electron chi connectivity index (χ3n) is 4.94. The summed E-state index contributed by atoms with van der Waals surface area (Å²) in [6.07, 6.45) is 23.4. The Morgan fingerprint density at radius 1 is 0.767 bits per heavy atom. The molecule has 0 saturated heterocycles. The van der Waals surface area contributed by atoms with Crippen molar-refractivity contribution in [3.8, 4) is 0 Å². The molecule has 0 saturated carbocycles. The lowest BCUT2D eigenvalue weighted by atomic mass is 10.1. The van der Waals surface area contributed by atoms with E-state index in [1.165, 1.54) is 70.6 Å². The fourth-order valence-electron chi connectivity index (χ4n) is 2.98. The zero-order valence-corrected chi connectivity index (χ0v) is 19.3. The molecule has 0 aliphatic heterocycles. The average molecular weight is 429 g/mol. The van der Waals surface area contributed by atoms with Crippen molar-refractivity contribution in [3.63, 3.8) is 0 Å². The minimum atomic E-state index is -0.933. The summed E-state index contributed by atoms with van der Waals surface area (Å²) < 4.78 is 0. The number of nitrogens with two attached hydrogens (primary N) is 2. The lowest BCUT2D eigenvalue weighted by Gasteiger charge is -2.03. The summed E-state index contributed by atoms with van der Waals surface area (Å²) in [4.78, 5) is 20.5. The van der Waals surface area contributed by atoms with Crippen LogP contribution in [0.3, 0.4) is 0 Å². The van der Waals surface area contributed by atoms with Gasteiger partial charge in [-0.25, -0.2) is 0 Å². The van der Waals surface area contributed by atoms with E-state index in [1.54, 1.807) is 0 Å². The Balaban J connectivity index is 0. The molecule has 0 heterocycles. The maximum absolute atomic E-state index is 10.3. The standard InChI is InChI=1S/C18H34O2.C6H14N2O2/c1-2-3-4-5-6-7-8-9-10-11-12-13-14-15-16-17-18(19)20;7-4-2-1-3-5(8)6(9)10/h9-10H,2-8,11-17H2,1H3,(H,19,20);5H,1-4,7-8H2,(H,9,10)/b10-9+;. The summed E-state index contributed by atoms with van der Waals surface area (Å²) in [6, 6.07) is -0.716. The Hall–Kier alpha value is -1.40. The van der Waals surface area contributed by atoms with Gasteiger partial charge in [0.2, 0.25) is 0 Å². The number of unbranched alkanes of at least 4 members (excludes halogenated alkanes) is 12. The molecule has 1 unspecified atom stereocenters. The van der Waals surface area contributed by atoms with Crippen LogP contribution in [0.5, 0.6) is 0 Å². The number of carboxylic acid groups (broad SMARTS) is 2. The molecule has 0 radical (unpaired) electrons. The molecular formula is C24H48N2O4. The average Bonchev–Trinajstić information content (AvgIpc) is 2.71. The normalized spacial score (nSPS) is 11.8. The molecule has 6 heteroatoms. The van der Waals surface area contributed by atoms with Crippen LogP contribution in [0.1, 0.15) is 116 Å². The first kappa shape index (κ1) is 30.8. The van der Waals surface area contributed by atoms with Gasteiger partial charge in [0.25, 0.3) is 0 Å². The summed E-state index contributed by atoms with van der Waals surface area (Å²) in [5.41, 5.74) is 10.4. The molecule has 0 aromatic carbocycles. The minimum Gasteiger partial charge on any atom is -0.481 e. The number of aliphatic carboxylic acids is 2. The third kappa shape index (κ3) is 28.8. The van der Waals surface area contributed by atoms with E-state index < -0.39 is 18.0 Å². The zero-order chi connectivity index (χ0) is 22.9. The van der Waals surface area contributed by atoms with E-state index in [9.17, 15) is 9.59 Å². The van der Waals surface area contributed by atoms with Crippen molar-refractivity contribution in [1.82, 2.24) is 0 Å². The number of carbonyl (C=O) groups is 2. The molecule has 178 valence electrons. The van der Waals surface area contributed by atoms with Crippen LogP contribution < -0.4 is 11.5 Å². The SMILES string of the molecule is CCCCCCCC/C=C/CCCCCCCC(=O)O.NCCCCC(N)C(=O)O. The largest absolute Gasteiger partial charge is 0.481 e. The second-order valence-electron chi connectivity index (χ2n) is 7.96. The van der Waals surface area contributed by atoms with Gasteiger partial charge in [-0.15, -0.1) is 0 Å². The molecule has 6 nitrogen and oxygen atoms in total. The van der Waals surface area contributed by atoms with E-state index in [1.807, 2.05) is 0 Å². The molecule has 0 rings (SSSR count). The predicted molar refractivity (Wildman–Crippen MR) is 126 cm³/mol. The molecule has 6 N–H and O–H groups in total. The monoisotopic (exact) mass is 428 g/mol. The molecule has 0 spiro atoms. The number of hydrogen-bond donors (Lipinski definition) is 4. The second kappa shape index (κ2) is 25.6. The number of allylic oxidation sites excluding steroid dienone is 2. The van der Waals surface area contributed by atoms with Crippen molar-refractivity contribution in [2.45, 2.75) is 122 Å². The van der Waals surface area contributed by atoms with Gasteiger partial charge in [0.05, 0.1) is 0 Å². The van der Waals surface area contributed by atoms with E-state index >= 15 is 0 Å². The summed E-state index contributed by atoms with van der Waals surface area (Å²) >= 11 is 0. The third-order valence-corrected chi connectivity index (χ3v) is 4.94. The summed E-state index contributed by atoms with van der Waals surface area (Å²) in [5.74, 6) is -1.60. The summed E-state index contributed by atoms with van der Waals surface area (Å²) in [6.45, 7) is 2.86. The smallest absolute Gasteiger partial charge is 0.320 e. The van der Waals surface area contributed by atoms with Crippen molar-refractivity contribution < 1.29 is 19.8 Å². The molecule has 0 fully saturated rings. The van der Waals surface area contributed by atoms with Crippen LogP contribution in [0.4, 0.5) is 0 Å². The fourth-order valence-corrected chi connectivity index (χ4v) is 2.98. The van der Waals surface area contributed by atoms with E-state index in [0.29, 0.717) is 19.4 Å². The molecule has 0 aliphatic rings. The Labute approximate surface area is 184 Å². The van der Waals surface area contributed by atoms with Crippen molar-refractivity contribution in [2.24, 2.45) is 11.5 Å². The van der Waals surface area contributed by atoms with Gasteiger partial charge in [0.15, 0.2) is 0 Å². The van der Waals surface area contributed by atoms with Gasteiger partial charge in [-0.05, 0) is 51.5 Å². The van der Waals surface area contributed by atoms with Crippen molar-refractivity contribution in [2.75, 3.05) is 6.54 Å². The van der Waals surface area contributed by atoms with E-state index in [4.69, 9.17) is 21.7 Å². The molecule has 0 aromatic heterocycles. The van der Waals surface area contributed by atoms with Gasteiger partial charge in [-0.3, -0.25) is 9.59 Å². The molecule has 0 aliphatic carbocycles. The van der Waals surface area contributed by atoms with Crippen molar-refractivity contribution in [1.29, 1.82) is 0 Å². The van der Waals surface area contributed by atoms with Gasteiger partial charge in [-0.2, -0.15) is 0 Å². The van der Waals surface area contributed by atoms with Crippen molar-refractivity contribution in [3.05, 3.63) is 12.2 Å². The molecule has 0 bridgehead atoms. The van der Waals surface area contributed by atoms with Gasteiger partial charge < -0.3 is 21.7 Å². The highest BCUT2D eigenvalue weighted by molar-refractivity contribution is 5.72. The lowest BCUT2D eigenvalue weighted by Crippen LogP contribution is -2.29.